The Bertz CT molecular complexity index is 623. The van der Waals surface area contributed by atoms with E-state index in [-0.39, 0.29) is 17.8 Å². The molecule has 0 radical (unpaired) electrons. The van der Waals surface area contributed by atoms with Gasteiger partial charge in [0.05, 0.1) is 0 Å². The summed E-state index contributed by atoms with van der Waals surface area (Å²) in [6.07, 6.45) is 7.42. The topological polar surface area (TPSA) is 56.4 Å². The van der Waals surface area contributed by atoms with Crippen molar-refractivity contribution in [3.63, 3.8) is 0 Å². The molecule has 3 rings (SSSR count). The molecule has 2 saturated heterocycles. The first-order valence-corrected chi connectivity index (χ1v) is 10.8. The first-order valence-electron chi connectivity index (χ1n) is 10.8. The first-order chi connectivity index (χ1) is 13.5. The number of rotatable bonds is 8. The number of carbonyl (C=O) groups is 1. The number of hydrazine groups is 1. The average molecular weight is 391 g/mol. The van der Waals surface area contributed by atoms with Gasteiger partial charge < -0.3 is 10.2 Å². The van der Waals surface area contributed by atoms with Gasteiger partial charge in [0.15, 0.2) is 0 Å². The molecule has 2 aliphatic heterocycles. The molecule has 2 heterocycles. The lowest BCUT2D eigenvalue weighted by Gasteiger charge is -2.30. The van der Waals surface area contributed by atoms with Crippen LogP contribution in [0.15, 0.2) is 24.3 Å². The van der Waals surface area contributed by atoms with Crippen molar-refractivity contribution in [3.8, 4) is 0 Å². The SMILES string of the molecule is C[C@H]1C[C@@H](C(=O)N(C)CCCCCC2CC(c3ccc(F)cc3)NN2)CCN1. The van der Waals surface area contributed by atoms with Crippen LogP contribution in [0, 0.1) is 11.7 Å². The van der Waals surface area contributed by atoms with Gasteiger partial charge in [0.2, 0.25) is 5.91 Å². The number of unbranched alkanes of at least 4 members (excludes halogenated alkanes) is 2. The van der Waals surface area contributed by atoms with Crippen molar-refractivity contribution in [3.05, 3.63) is 35.6 Å². The molecule has 2 aliphatic rings. The van der Waals surface area contributed by atoms with E-state index in [1.807, 2.05) is 24.1 Å². The van der Waals surface area contributed by atoms with Gasteiger partial charge in [-0.3, -0.25) is 15.6 Å². The fourth-order valence-electron chi connectivity index (χ4n) is 4.42. The maximum atomic E-state index is 13.1. The van der Waals surface area contributed by atoms with Crippen molar-refractivity contribution in [2.75, 3.05) is 20.1 Å². The van der Waals surface area contributed by atoms with Gasteiger partial charge in [0.25, 0.3) is 0 Å². The van der Waals surface area contributed by atoms with Crippen molar-refractivity contribution < 1.29 is 9.18 Å². The number of benzene rings is 1. The maximum absolute atomic E-state index is 13.1. The summed E-state index contributed by atoms with van der Waals surface area (Å²) < 4.78 is 13.1. The van der Waals surface area contributed by atoms with Crippen molar-refractivity contribution in [1.29, 1.82) is 0 Å². The Morgan fingerprint density at radius 1 is 1.14 bits per heavy atom. The van der Waals surface area contributed by atoms with Gasteiger partial charge in [-0.15, -0.1) is 0 Å². The second kappa shape index (κ2) is 10.3. The highest BCUT2D eigenvalue weighted by atomic mass is 19.1. The smallest absolute Gasteiger partial charge is 0.225 e. The summed E-state index contributed by atoms with van der Waals surface area (Å²) in [5.41, 5.74) is 7.83. The minimum absolute atomic E-state index is 0.190. The van der Waals surface area contributed by atoms with Crippen LogP contribution >= 0.6 is 0 Å². The van der Waals surface area contributed by atoms with Gasteiger partial charge >= 0.3 is 0 Å². The molecule has 2 unspecified atom stereocenters. The number of nitrogens with one attached hydrogen (secondary N) is 3. The summed E-state index contributed by atoms with van der Waals surface area (Å²) in [6, 6.07) is 7.90. The minimum atomic E-state index is -0.190. The van der Waals surface area contributed by atoms with Crippen LogP contribution in [0.1, 0.15) is 63.5 Å². The number of hydrogen-bond donors (Lipinski definition) is 3. The molecule has 2 fully saturated rings. The lowest BCUT2D eigenvalue weighted by Crippen LogP contribution is -2.43. The molecule has 156 valence electrons. The van der Waals surface area contributed by atoms with E-state index in [1.54, 1.807) is 0 Å². The summed E-state index contributed by atoms with van der Waals surface area (Å²) in [5.74, 6) is 0.319. The predicted molar refractivity (Wildman–Crippen MR) is 110 cm³/mol. The van der Waals surface area contributed by atoms with Gasteiger partial charge in [0, 0.05) is 37.6 Å². The van der Waals surface area contributed by atoms with Crippen molar-refractivity contribution in [2.45, 2.75) is 70.0 Å². The molecule has 5 nitrogen and oxygen atoms in total. The summed E-state index contributed by atoms with van der Waals surface area (Å²) in [6.45, 7) is 3.96. The molecule has 28 heavy (non-hydrogen) atoms. The lowest BCUT2D eigenvalue weighted by molar-refractivity contribution is -0.135. The van der Waals surface area contributed by atoms with Crippen LogP contribution in [0.3, 0.4) is 0 Å². The lowest BCUT2D eigenvalue weighted by atomic mass is 9.92. The van der Waals surface area contributed by atoms with Gasteiger partial charge in [-0.1, -0.05) is 25.0 Å². The molecular weight excluding hydrogens is 355 g/mol. The number of carbonyl (C=O) groups excluding carboxylic acids is 1. The van der Waals surface area contributed by atoms with Gasteiger partial charge in [-0.05, 0) is 63.3 Å². The standard InChI is InChI=1S/C22H35FN4O/c1-16-14-18(11-12-24-16)22(28)27(2)13-5-3-4-6-20-15-21(26-25-20)17-7-9-19(23)10-8-17/h7-10,16,18,20-21,24-26H,3-6,11-15H2,1-2H3/t16-,18-,20?,21?/m0/s1. The van der Waals surface area contributed by atoms with Gasteiger partial charge in [0.1, 0.15) is 5.82 Å². The Kier molecular flexibility index (Phi) is 7.82. The van der Waals surface area contributed by atoms with Crippen molar-refractivity contribution in [2.24, 2.45) is 5.92 Å². The minimum Gasteiger partial charge on any atom is -0.346 e. The Labute approximate surface area is 168 Å². The van der Waals surface area contributed by atoms with Crippen LogP contribution in [0.4, 0.5) is 4.39 Å². The van der Waals surface area contributed by atoms with E-state index in [4.69, 9.17) is 0 Å². The summed E-state index contributed by atoms with van der Waals surface area (Å²) in [5, 5.41) is 3.41. The maximum Gasteiger partial charge on any atom is 0.225 e. The monoisotopic (exact) mass is 390 g/mol. The first kappa shape index (κ1) is 21.2. The predicted octanol–water partition coefficient (Wildman–Crippen LogP) is 3.14. The normalized spacial score (nSPS) is 27.7. The zero-order chi connectivity index (χ0) is 19.9. The number of nitrogens with zero attached hydrogens (tertiary/aromatic N) is 1. The largest absolute Gasteiger partial charge is 0.346 e. The molecular formula is C22H35FN4O. The summed E-state index contributed by atoms with van der Waals surface area (Å²) in [7, 11) is 1.95. The Balaban J connectivity index is 1.28. The summed E-state index contributed by atoms with van der Waals surface area (Å²) in [4.78, 5) is 14.5. The van der Waals surface area contributed by atoms with Crippen LogP contribution in [0.25, 0.3) is 0 Å². The quantitative estimate of drug-likeness (QED) is 0.597. The average Bonchev–Trinajstić information content (AvgIpc) is 3.16. The highest BCUT2D eigenvalue weighted by Gasteiger charge is 2.27. The number of piperidine rings is 1. The molecule has 0 aromatic heterocycles. The number of halogens is 1. The second-order valence-electron chi connectivity index (χ2n) is 8.51. The van der Waals surface area contributed by atoms with Crippen LogP contribution in [-0.2, 0) is 4.79 Å². The second-order valence-corrected chi connectivity index (χ2v) is 8.51. The fourth-order valence-corrected chi connectivity index (χ4v) is 4.42. The van der Waals surface area contributed by atoms with Crippen LogP contribution in [0.5, 0.6) is 0 Å². The van der Waals surface area contributed by atoms with Gasteiger partial charge in [-0.25, -0.2) is 4.39 Å². The zero-order valence-corrected chi connectivity index (χ0v) is 17.2. The molecule has 4 atom stereocenters. The van der Waals surface area contributed by atoms with Crippen LogP contribution in [-0.4, -0.2) is 43.0 Å². The Morgan fingerprint density at radius 3 is 2.68 bits per heavy atom. The molecule has 0 saturated carbocycles. The third kappa shape index (κ3) is 6.00. The third-order valence-electron chi connectivity index (χ3n) is 6.15. The van der Waals surface area contributed by atoms with E-state index < -0.39 is 0 Å². The molecule has 0 aliphatic carbocycles. The molecule has 0 bridgehead atoms. The van der Waals surface area contributed by atoms with Crippen molar-refractivity contribution in [1.82, 2.24) is 21.1 Å². The van der Waals surface area contributed by atoms with Gasteiger partial charge in [-0.2, -0.15) is 0 Å². The zero-order valence-electron chi connectivity index (χ0n) is 17.2. The molecule has 1 aromatic carbocycles. The molecule has 1 amide bonds. The Hall–Kier alpha value is -1.50. The van der Waals surface area contributed by atoms with E-state index >= 15 is 0 Å². The molecule has 1 aromatic rings. The Morgan fingerprint density at radius 2 is 1.93 bits per heavy atom. The van der Waals surface area contributed by atoms with Crippen LogP contribution < -0.4 is 16.2 Å². The van der Waals surface area contributed by atoms with E-state index in [0.717, 1.165) is 63.6 Å². The number of amides is 1. The van der Waals surface area contributed by atoms with Crippen molar-refractivity contribution >= 4 is 5.91 Å². The molecule has 6 heteroatoms. The van der Waals surface area contributed by atoms with E-state index in [9.17, 15) is 9.18 Å². The third-order valence-corrected chi connectivity index (χ3v) is 6.15. The molecule has 3 N–H and O–H groups in total. The van der Waals surface area contributed by atoms with E-state index in [1.165, 1.54) is 12.1 Å². The van der Waals surface area contributed by atoms with E-state index in [2.05, 4.69) is 23.1 Å². The summed E-state index contributed by atoms with van der Waals surface area (Å²) >= 11 is 0. The van der Waals surface area contributed by atoms with Crippen LogP contribution in [0.2, 0.25) is 0 Å². The van der Waals surface area contributed by atoms with E-state index in [0.29, 0.717) is 18.0 Å². The highest BCUT2D eigenvalue weighted by molar-refractivity contribution is 5.78. The highest BCUT2D eigenvalue weighted by Crippen LogP contribution is 2.25. The molecule has 0 spiro atoms. The fraction of sp³-hybridized carbons (Fsp3) is 0.682. The number of hydrogen-bond acceptors (Lipinski definition) is 4.